The first-order valence-electron chi connectivity index (χ1n) is 13.8. The molecule has 4 aromatic rings. The largest absolute Gasteiger partial charge is 0.379 e. The van der Waals surface area contributed by atoms with Gasteiger partial charge < -0.3 is 10.1 Å². The maximum absolute atomic E-state index is 13.3. The molecule has 0 radical (unpaired) electrons. The summed E-state index contributed by atoms with van der Waals surface area (Å²) in [6, 6.07) is 22.2. The Hall–Kier alpha value is -3.68. The van der Waals surface area contributed by atoms with E-state index in [4.69, 9.17) is 9.84 Å². The standard InChI is InChI=1S/C32H39N5O2/c1-23-11-14-25(15-12-23)37-30(22-29(35-37)32(2,3)4)34-31(38)33-28-16-13-24(26-9-5-6-10-27(26)28)8-7-17-36-18-20-39-21-19-36/h5-6,9-16,22H,7-8,17-21H2,1-4H3,(H2,33,34,38). The van der Waals surface area contributed by atoms with Crippen molar-refractivity contribution in [3.8, 4) is 5.69 Å². The quantitative estimate of drug-likeness (QED) is 0.287. The highest BCUT2D eigenvalue weighted by atomic mass is 16.5. The molecule has 1 fully saturated rings. The number of benzene rings is 3. The van der Waals surface area contributed by atoms with Gasteiger partial charge in [0.15, 0.2) is 0 Å². The number of amides is 2. The molecule has 1 aliphatic rings. The van der Waals surface area contributed by atoms with E-state index >= 15 is 0 Å². The van der Waals surface area contributed by atoms with Crippen LogP contribution in [0.4, 0.5) is 16.3 Å². The Labute approximate surface area is 231 Å². The van der Waals surface area contributed by atoms with Crippen LogP contribution in [0.2, 0.25) is 0 Å². The Balaban J connectivity index is 1.33. The van der Waals surface area contributed by atoms with Gasteiger partial charge in [0.25, 0.3) is 0 Å². The Bertz CT molecular complexity index is 1430. The highest BCUT2D eigenvalue weighted by molar-refractivity contribution is 6.06. The van der Waals surface area contributed by atoms with E-state index in [-0.39, 0.29) is 11.4 Å². The van der Waals surface area contributed by atoms with Crippen molar-refractivity contribution >= 4 is 28.3 Å². The molecule has 7 heteroatoms. The number of hydrogen-bond donors (Lipinski definition) is 2. The van der Waals surface area contributed by atoms with Gasteiger partial charge in [-0.3, -0.25) is 10.2 Å². The van der Waals surface area contributed by atoms with E-state index in [1.54, 1.807) is 4.68 Å². The Kier molecular flexibility index (Phi) is 8.00. The van der Waals surface area contributed by atoms with Crippen molar-refractivity contribution in [1.29, 1.82) is 0 Å². The number of urea groups is 1. The van der Waals surface area contributed by atoms with Gasteiger partial charge >= 0.3 is 6.03 Å². The molecule has 0 bridgehead atoms. The summed E-state index contributed by atoms with van der Waals surface area (Å²) < 4.78 is 7.27. The number of fused-ring (bicyclic) bond motifs is 1. The summed E-state index contributed by atoms with van der Waals surface area (Å²) in [5.41, 5.74) is 4.92. The van der Waals surface area contributed by atoms with E-state index in [0.717, 1.165) is 68.1 Å². The van der Waals surface area contributed by atoms with E-state index in [1.165, 1.54) is 16.5 Å². The van der Waals surface area contributed by atoms with Crippen LogP contribution in [0, 0.1) is 6.92 Å². The molecule has 2 amide bonds. The maximum atomic E-state index is 13.3. The van der Waals surface area contributed by atoms with E-state index in [0.29, 0.717) is 5.82 Å². The Morgan fingerprint density at radius 3 is 2.38 bits per heavy atom. The summed E-state index contributed by atoms with van der Waals surface area (Å²) in [6.07, 6.45) is 2.09. The van der Waals surface area contributed by atoms with Crippen LogP contribution in [0.25, 0.3) is 16.5 Å². The molecule has 39 heavy (non-hydrogen) atoms. The first kappa shape index (κ1) is 26.9. The molecule has 7 nitrogen and oxygen atoms in total. The zero-order valence-corrected chi connectivity index (χ0v) is 23.5. The van der Waals surface area contributed by atoms with Crippen LogP contribution in [-0.4, -0.2) is 53.6 Å². The number of nitrogens with zero attached hydrogens (tertiary/aromatic N) is 3. The van der Waals surface area contributed by atoms with Gasteiger partial charge in [-0.05, 0) is 55.5 Å². The lowest BCUT2D eigenvalue weighted by Gasteiger charge is -2.26. The number of carbonyl (C=O) groups is 1. The fourth-order valence-corrected chi connectivity index (χ4v) is 5.00. The van der Waals surface area contributed by atoms with Crippen molar-refractivity contribution in [3.63, 3.8) is 0 Å². The van der Waals surface area contributed by atoms with Crippen LogP contribution in [0.15, 0.2) is 66.7 Å². The molecular weight excluding hydrogens is 486 g/mol. The second-order valence-corrected chi connectivity index (χ2v) is 11.4. The van der Waals surface area contributed by atoms with Gasteiger partial charge in [-0.25, -0.2) is 9.48 Å². The number of rotatable bonds is 7. The third kappa shape index (κ3) is 6.49. The molecule has 204 valence electrons. The molecule has 1 aromatic heterocycles. The molecule has 0 saturated carbocycles. The average molecular weight is 526 g/mol. The monoisotopic (exact) mass is 525 g/mol. The van der Waals surface area contributed by atoms with Crippen LogP contribution >= 0.6 is 0 Å². The molecule has 0 unspecified atom stereocenters. The first-order chi connectivity index (χ1) is 18.8. The molecule has 0 spiro atoms. The lowest BCUT2D eigenvalue weighted by molar-refractivity contribution is 0.0375. The van der Waals surface area contributed by atoms with Crippen LogP contribution in [0.5, 0.6) is 0 Å². The second-order valence-electron chi connectivity index (χ2n) is 11.4. The van der Waals surface area contributed by atoms with E-state index in [1.807, 2.05) is 42.5 Å². The summed E-state index contributed by atoms with van der Waals surface area (Å²) in [4.78, 5) is 15.7. The van der Waals surface area contributed by atoms with Crippen LogP contribution in [0.1, 0.15) is 44.0 Å². The molecule has 0 atom stereocenters. The van der Waals surface area contributed by atoms with Gasteiger partial charge in [0.2, 0.25) is 0 Å². The van der Waals surface area contributed by atoms with Gasteiger partial charge in [0, 0.05) is 30.0 Å². The minimum Gasteiger partial charge on any atom is -0.379 e. The van der Waals surface area contributed by atoms with Gasteiger partial charge in [-0.15, -0.1) is 0 Å². The van der Waals surface area contributed by atoms with E-state index in [2.05, 4.69) is 67.5 Å². The van der Waals surface area contributed by atoms with Crippen molar-refractivity contribution in [2.24, 2.45) is 0 Å². The van der Waals surface area contributed by atoms with Crippen molar-refractivity contribution in [3.05, 3.63) is 83.6 Å². The summed E-state index contributed by atoms with van der Waals surface area (Å²) in [6.45, 7) is 13.2. The van der Waals surface area contributed by atoms with E-state index < -0.39 is 0 Å². The minimum absolute atomic E-state index is 0.156. The molecule has 2 N–H and O–H groups in total. The van der Waals surface area contributed by atoms with Gasteiger partial charge in [-0.1, -0.05) is 68.8 Å². The fourth-order valence-electron chi connectivity index (χ4n) is 5.00. The third-order valence-corrected chi connectivity index (χ3v) is 7.28. The topological polar surface area (TPSA) is 71.4 Å². The minimum atomic E-state index is -0.297. The number of aryl methyl sites for hydroxylation is 2. The normalized spacial score (nSPS) is 14.5. The first-order valence-corrected chi connectivity index (χ1v) is 13.8. The number of morpholine rings is 1. The zero-order valence-electron chi connectivity index (χ0n) is 23.5. The number of hydrogen-bond acceptors (Lipinski definition) is 4. The second kappa shape index (κ2) is 11.6. The summed E-state index contributed by atoms with van der Waals surface area (Å²) in [5, 5.41) is 13.2. The molecule has 1 aliphatic heterocycles. The number of nitrogens with one attached hydrogen (secondary N) is 2. The summed E-state index contributed by atoms with van der Waals surface area (Å²) in [5.74, 6) is 0.630. The smallest absolute Gasteiger partial charge is 0.324 e. The molecule has 0 aliphatic carbocycles. The predicted octanol–water partition coefficient (Wildman–Crippen LogP) is 6.54. The molecule has 2 heterocycles. The number of aromatic nitrogens is 2. The van der Waals surface area contributed by atoms with Crippen molar-refractivity contribution in [2.75, 3.05) is 43.5 Å². The van der Waals surface area contributed by atoms with Crippen molar-refractivity contribution in [2.45, 2.75) is 46.0 Å². The van der Waals surface area contributed by atoms with Crippen molar-refractivity contribution < 1.29 is 9.53 Å². The Morgan fingerprint density at radius 2 is 1.67 bits per heavy atom. The maximum Gasteiger partial charge on any atom is 0.324 e. The van der Waals surface area contributed by atoms with Crippen LogP contribution in [0.3, 0.4) is 0 Å². The van der Waals surface area contributed by atoms with Crippen LogP contribution in [-0.2, 0) is 16.6 Å². The molecular formula is C32H39N5O2. The fraction of sp³-hybridized carbons (Fsp3) is 0.375. The van der Waals surface area contributed by atoms with Gasteiger partial charge in [0.05, 0.1) is 30.3 Å². The predicted molar refractivity (Wildman–Crippen MR) is 159 cm³/mol. The van der Waals surface area contributed by atoms with Crippen LogP contribution < -0.4 is 10.6 Å². The molecule has 1 saturated heterocycles. The van der Waals surface area contributed by atoms with Crippen molar-refractivity contribution in [1.82, 2.24) is 14.7 Å². The number of carbonyl (C=O) groups excluding carboxylic acids is 1. The molecule has 5 rings (SSSR count). The number of anilines is 2. The lowest BCUT2D eigenvalue weighted by Crippen LogP contribution is -2.36. The van der Waals surface area contributed by atoms with E-state index in [9.17, 15) is 4.79 Å². The number of ether oxygens (including phenoxy) is 1. The SMILES string of the molecule is Cc1ccc(-n2nc(C(C)(C)C)cc2NC(=O)Nc2ccc(CCCN3CCOCC3)c3ccccc23)cc1. The zero-order chi connectivity index (χ0) is 27.4. The molecule has 3 aromatic carbocycles. The van der Waals surface area contributed by atoms with Gasteiger partial charge in [-0.2, -0.15) is 5.10 Å². The Morgan fingerprint density at radius 1 is 0.949 bits per heavy atom. The lowest BCUT2D eigenvalue weighted by atomic mass is 9.92. The summed E-state index contributed by atoms with van der Waals surface area (Å²) >= 11 is 0. The summed E-state index contributed by atoms with van der Waals surface area (Å²) in [7, 11) is 0. The highest BCUT2D eigenvalue weighted by Crippen LogP contribution is 2.29. The van der Waals surface area contributed by atoms with Gasteiger partial charge in [0.1, 0.15) is 5.82 Å². The third-order valence-electron chi connectivity index (χ3n) is 7.28. The average Bonchev–Trinajstić information content (AvgIpc) is 3.35. The highest BCUT2D eigenvalue weighted by Gasteiger charge is 2.22.